The normalized spacial score (nSPS) is 13.2. The summed E-state index contributed by atoms with van der Waals surface area (Å²) in [7, 11) is -8.30. The van der Waals surface area contributed by atoms with Crippen molar-refractivity contribution in [3.63, 3.8) is 0 Å². The predicted molar refractivity (Wildman–Crippen MR) is 176 cm³/mol. The van der Waals surface area contributed by atoms with Gasteiger partial charge in [-0.05, 0) is 12.8 Å². The predicted octanol–water partition coefficient (Wildman–Crippen LogP) is 4.43. The van der Waals surface area contributed by atoms with Gasteiger partial charge in [-0.2, -0.15) is 0 Å². The van der Waals surface area contributed by atoms with Crippen LogP contribution in [-0.4, -0.2) is 124 Å². The van der Waals surface area contributed by atoms with E-state index in [1.54, 1.807) is 0 Å². The maximum Gasteiger partial charge on any atom is 2.00 e. The summed E-state index contributed by atoms with van der Waals surface area (Å²) in [4.78, 5) is 0. The number of aliphatic hydroxyl groups excluding tert-OH is 2. The molecule has 0 aromatic rings. The van der Waals surface area contributed by atoms with E-state index in [1.165, 1.54) is 89.9 Å². The van der Waals surface area contributed by atoms with Gasteiger partial charge in [-0.15, -0.1) is 0 Å². The molecule has 0 radical (unpaired) electrons. The van der Waals surface area contributed by atoms with Gasteiger partial charge in [0, 0.05) is 26.2 Å². The number of hydrogen-bond acceptors (Lipinski definition) is 10. The molecule has 2 atom stereocenters. The number of rotatable bonds is 30. The molecule has 0 saturated carbocycles. The first-order chi connectivity index (χ1) is 19.9. The van der Waals surface area contributed by atoms with Gasteiger partial charge >= 0.3 is 37.7 Å². The van der Waals surface area contributed by atoms with Crippen LogP contribution in [0.25, 0.3) is 0 Å². The summed E-state index contributed by atoms with van der Waals surface area (Å²) >= 11 is 0. The van der Waals surface area contributed by atoms with E-state index in [2.05, 4.69) is 24.5 Å². The van der Waals surface area contributed by atoms with E-state index in [9.17, 15) is 36.2 Å². The molecule has 0 aliphatic rings. The van der Waals surface area contributed by atoms with Crippen molar-refractivity contribution in [2.24, 2.45) is 0 Å². The molecule has 0 saturated heterocycles. The van der Waals surface area contributed by atoms with Crippen molar-refractivity contribution in [2.75, 3.05) is 37.7 Å². The molecule has 10 nitrogen and oxygen atoms in total. The van der Waals surface area contributed by atoms with Crippen molar-refractivity contribution in [1.82, 2.24) is 10.6 Å². The molecule has 256 valence electrons. The van der Waals surface area contributed by atoms with Crippen LogP contribution in [0.15, 0.2) is 0 Å². The van der Waals surface area contributed by atoms with Crippen LogP contribution < -0.4 is 10.6 Å². The minimum absolute atomic E-state index is 0. The Kier molecular flexibility index (Phi) is 38.5. The average molecular weight is 685 g/mol. The average Bonchev–Trinajstić information content (AvgIpc) is 2.91. The summed E-state index contributed by atoms with van der Waals surface area (Å²) in [6.45, 7) is 5.37. The maximum atomic E-state index is 10.4. The molecule has 13 heteroatoms. The Labute approximate surface area is 294 Å². The van der Waals surface area contributed by atoms with E-state index in [0.29, 0.717) is 13.1 Å². The maximum absolute atomic E-state index is 10.4. The van der Waals surface area contributed by atoms with Gasteiger partial charge in [-0.25, -0.2) is 16.8 Å². The van der Waals surface area contributed by atoms with Crippen LogP contribution >= 0.6 is 0 Å². The minimum atomic E-state index is -4.15. The van der Waals surface area contributed by atoms with Crippen molar-refractivity contribution in [1.29, 1.82) is 0 Å². The first kappa shape index (κ1) is 48.3. The monoisotopic (exact) mass is 684 g/mol. The van der Waals surface area contributed by atoms with E-state index in [4.69, 9.17) is 0 Å². The van der Waals surface area contributed by atoms with Crippen molar-refractivity contribution in [3.8, 4) is 0 Å². The van der Waals surface area contributed by atoms with E-state index >= 15 is 0 Å². The zero-order chi connectivity index (χ0) is 32.0. The summed E-state index contributed by atoms with van der Waals surface area (Å²) in [5.74, 6) is -0.838. The fourth-order valence-electron chi connectivity index (χ4n) is 4.52. The zero-order valence-electron chi connectivity index (χ0n) is 27.4. The van der Waals surface area contributed by atoms with E-state index in [0.717, 1.165) is 38.5 Å². The van der Waals surface area contributed by atoms with Crippen LogP contribution in [0, 0.1) is 0 Å². The molecule has 0 aromatic carbocycles. The first-order valence-corrected chi connectivity index (χ1v) is 19.7. The standard InChI is InChI=1S/2C15H33NO4S.Ca/c2*1-2-3-4-5-6-7-8-9-10-11-15(17)14-16-12-13-21(18,19)20;/h2*15-17H,2-14H2,1H3,(H,18,19,20);/q;;+2/p-2. The zero-order valence-corrected chi connectivity index (χ0v) is 31.2. The third kappa shape index (κ3) is 47.4. The Morgan fingerprint density at radius 3 is 1.02 bits per heavy atom. The Morgan fingerprint density at radius 2 is 0.767 bits per heavy atom. The quantitative estimate of drug-likeness (QED) is 0.0481. The second-order valence-corrected chi connectivity index (χ2v) is 14.5. The Bertz CT molecular complexity index is 710. The van der Waals surface area contributed by atoms with Crippen molar-refractivity contribution in [3.05, 3.63) is 0 Å². The summed E-state index contributed by atoms with van der Waals surface area (Å²) < 4.78 is 62.2. The van der Waals surface area contributed by atoms with Crippen molar-refractivity contribution < 1.29 is 36.2 Å². The Morgan fingerprint density at radius 1 is 0.512 bits per heavy atom. The first-order valence-electron chi connectivity index (χ1n) is 16.6. The van der Waals surface area contributed by atoms with Gasteiger partial charge in [-0.1, -0.05) is 129 Å². The summed E-state index contributed by atoms with van der Waals surface area (Å²) in [6, 6.07) is 0. The Balaban J connectivity index is -0.000000727. The van der Waals surface area contributed by atoms with Gasteiger partial charge < -0.3 is 30.0 Å². The van der Waals surface area contributed by atoms with Crippen LogP contribution in [0.2, 0.25) is 0 Å². The fourth-order valence-corrected chi connectivity index (χ4v) is 5.31. The molecule has 0 rings (SSSR count). The van der Waals surface area contributed by atoms with Gasteiger partial charge in [-0.3, -0.25) is 0 Å². The van der Waals surface area contributed by atoms with E-state index in [-0.39, 0.29) is 50.8 Å². The molecular weight excluding hydrogens is 621 g/mol. The molecular formula is C30H64CaN2O8S2. The SMILES string of the molecule is CCCCCCCCCCCC(O)CNCCS(=O)(=O)[O-].CCCCCCCCCCCC(O)CNCCS(=O)(=O)[O-].[Ca+2]. The number of aliphatic hydroxyl groups is 2. The van der Waals surface area contributed by atoms with Crippen LogP contribution in [0.3, 0.4) is 0 Å². The Hall–Kier alpha value is 0.920. The van der Waals surface area contributed by atoms with Crippen LogP contribution in [0.5, 0.6) is 0 Å². The van der Waals surface area contributed by atoms with E-state index < -0.39 is 43.9 Å². The molecule has 0 amide bonds. The molecule has 0 bridgehead atoms. The van der Waals surface area contributed by atoms with E-state index in [1.807, 2.05) is 0 Å². The van der Waals surface area contributed by atoms with Crippen molar-refractivity contribution in [2.45, 2.75) is 154 Å². The third-order valence-corrected chi connectivity index (χ3v) is 8.51. The molecule has 0 spiro atoms. The second-order valence-electron chi connectivity index (χ2n) is 11.5. The van der Waals surface area contributed by atoms with Gasteiger partial charge in [0.25, 0.3) is 0 Å². The third-order valence-electron chi connectivity index (χ3n) is 7.10. The molecule has 2 unspecified atom stereocenters. The van der Waals surface area contributed by atoms with Crippen LogP contribution in [0.4, 0.5) is 0 Å². The second kappa shape index (κ2) is 34.3. The van der Waals surface area contributed by atoms with Gasteiger partial charge in [0.15, 0.2) is 0 Å². The fraction of sp³-hybridized carbons (Fsp3) is 1.00. The topological polar surface area (TPSA) is 179 Å². The summed E-state index contributed by atoms with van der Waals surface area (Å²) in [5.41, 5.74) is 0. The van der Waals surface area contributed by atoms with Crippen molar-refractivity contribution >= 4 is 58.0 Å². The van der Waals surface area contributed by atoms with Crippen LogP contribution in [-0.2, 0) is 20.2 Å². The number of unbranched alkanes of at least 4 members (excludes halogenated alkanes) is 16. The van der Waals surface area contributed by atoms with Crippen LogP contribution in [0.1, 0.15) is 142 Å². The number of hydrogen-bond donors (Lipinski definition) is 4. The van der Waals surface area contributed by atoms with Gasteiger partial charge in [0.2, 0.25) is 0 Å². The molecule has 0 aliphatic heterocycles. The minimum Gasteiger partial charge on any atom is -0.748 e. The molecule has 4 N–H and O–H groups in total. The van der Waals surface area contributed by atoms with Gasteiger partial charge in [0.1, 0.15) is 0 Å². The largest absolute Gasteiger partial charge is 2.00 e. The number of nitrogens with one attached hydrogen (secondary N) is 2. The summed E-state index contributed by atoms with van der Waals surface area (Å²) in [6.07, 6.45) is 23.1. The van der Waals surface area contributed by atoms with Gasteiger partial charge in [0.05, 0.1) is 43.9 Å². The smallest absolute Gasteiger partial charge is 0.748 e. The molecule has 0 fully saturated rings. The molecule has 43 heavy (non-hydrogen) atoms. The molecule has 0 aromatic heterocycles. The molecule has 0 aliphatic carbocycles. The summed E-state index contributed by atoms with van der Waals surface area (Å²) in [5, 5.41) is 25.0. The molecule has 0 heterocycles.